The fourth-order valence-corrected chi connectivity index (χ4v) is 2.19. The average Bonchev–Trinajstić information content (AvgIpc) is 2.25. The highest BCUT2D eigenvalue weighted by atomic mass is 32.2. The fraction of sp³-hybridized carbons (Fsp3) is 0.222. The molecule has 1 aromatic rings. The molecule has 10 heteroatoms. The maximum Gasteiger partial charge on any atom is 0.416 e. The lowest BCUT2D eigenvalue weighted by molar-refractivity contribution is -0.388. The predicted molar refractivity (Wildman–Crippen MR) is 57.0 cm³/mol. The molecule has 0 amide bonds. The molecule has 6 nitrogen and oxygen atoms in total. The van der Waals surface area contributed by atoms with E-state index in [1.807, 2.05) is 0 Å². The Morgan fingerprint density at radius 2 is 2.00 bits per heavy atom. The van der Waals surface area contributed by atoms with E-state index < -0.39 is 49.8 Å². The molecular weight excluding hydrogens is 291 g/mol. The number of hydrogen-bond donors (Lipinski definition) is 1. The largest absolute Gasteiger partial charge is 0.481 e. The number of nitro groups is 1. The summed E-state index contributed by atoms with van der Waals surface area (Å²) in [5.41, 5.74) is -2.29. The molecule has 0 aliphatic heterocycles. The third-order valence-corrected chi connectivity index (χ3v) is 3.33. The molecular formula is C9H6F3NO5S. The van der Waals surface area contributed by atoms with Crippen LogP contribution in [0.2, 0.25) is 0 Å². The van der Waals surface area contributed by atoms with Crippen molar-refractivity contribution in [3.63, 3.8) is 0 Å². The van der Waals surface area contributed by atoms with Crippen LogP contribution < -0.4 is 0 Å². The average molecular weight is 297 g/mol. The molecule has 104 valence electrons. The molecule has 1 atom stereocenters. The molecule has 0 radical (unpaired) electrons. The van der Waals surface area contributed by atoms with Gasteiger partial charge in [-0.15, -0.1) is 0 Å². The maximum absolute atomic E-state index is 12.4. The van der Waals surface area contributed by atoms with Crippen LogP contribution in [0.4, 0.5) is 18.9 Å². The molecule has 1 N–H and O–H groups in total. The van der Waals surface area contributed by atoms with Crippen LogP contribution in [0.5, 0.6) is 0 Å². The number of hydrogen-bond acceptors (Lipinski definition) is 4. The van der Waals surface area contributed by atoms with Crippen LogP contribution in [-0.4, -0.2) is 26.0 Å². The lowest BCUT2D eigenvalue weighted by atomic mass is 10.2. The second kappa shape index (κ2) is 5.34. The molecule has 0 heterocycles. The molecule has 19 heavy (non-hydrogen) atoms. The Morgan fingerprint density at radius 3 is 2.42 bits per heavy atom. The third kappa shape index (κ3) is 3.74. The van der Waals surface area contributed by atoms with E-state index >= 15 is 0 Å². The summed E-state index contributed by atoms with van der Waals surface area (Å²) >= 11 is 0. The number of nitrogens with zero attached hydrogens (tertiary/aromatic N) is 1. The van der Waals surface area contributed by atoms with Gasteiger partial charge in [0.1, 0.15) is 10.6 Å². The van der Waals surface area contributed by atoms with Gasteiger partial charge < -0.3 is 5.11 Å². The van der Waals surface area contributed by atoms with E-state index in [9.17, 15) is 32.3 Å². The summed E-state index contributed by atoms with van der Waals surface area (Å²) in [7, 11) is -2.29. The van der Waals surface area contributed by atoms with E-state index in [-0.39, 0.29) is 6.07 Å². The third-order valence-electron chi connectivity index (χ3n) is 1.98. The van der Waals surface area contributed by atoms with Crippen molar-refractivity contribution >= 4 is 22.5 Å². The van der Waals surface area contributed by atoms with Gasteiger partial charge in [0, 0.05) is 6.07 Å². The van der Waals surface area contributed by atoms with Gasteiger partial charge in [-0.3, -0.25) is 19.1 Å². The lowest BCUT2D eigenvalue weighted by Crippen LogP contribution is -2.12. The normalized spacial score (nSPS) is 13.0. The van der Waals surface area contributed by atoms with E-state index in [1.165, 1.54) is 0 Å². The number of carboxylic acids is 1. The van der Waals surface area contributed by atoms with Crippen molar-refractivity contribution in [3.05, 3.63) is 33.9 Å². The molecule has 0 aromatic heterocycles. The summed E-state index contributed by atoms with van der Waals surface area (Å²) in [6.07, 6.45) is -4.78. The van der Waals surface area contributed by atoms with Gasteiger partial charge >= 0.3 is 12.1 Å². The number of aliphatic carboxylic acids is 1. The van der Waals surface area contributed by atoms with Gasteiger partial charge in [-0.1, -0.05) is 0 Å². The van der Waals surface area contributed by atoms with Gasteiger partial charge in [0.25, 0.3) is 5.69 Å². The second-order valence-electron chi connectivity index (χ2n) is 3.32. The molecule has 0 saturated carbocycles. The predicted octanol–water partition coefficient (Wildman–Crippen LogP) is 1.81. The molecule has 1 aromatic carbocycles. The number of halogens is 3. The highest BCUT2D eigenvalue weighted by Crippen LogP contribution is 2.34. The molecule has 0 bridgehead atoms. The number of carboxylic acid groups (broad SMARTS) is 1. The van der Waals surface area contributed by atoms with Crippen molar-refractivity contribution in [2.75, 3.05) is 5.75 Å². The van der Waals surface area contributed by atoms with Crippen molar-refractivity contribution in [3.8, 4) is 0 Å². The van der Waals surface area contributed by atoms with Gasteiger partial charge in [-0.25, -0.2) is 0 Å². The van der Waals surface area contributed by atoms with Gasteiger partial charge in [0.15, 0.2) is 0 Å². The van der Waals surface area contributed by atoms with Crippen molar-refractivity contribution < 1.29 is 32.2 Å². The van der Waals surface area contributed by atoms with E-state index in [0.29, 0.717) is 12.1 Å². The second-order valence-corrected chi connectivity index (χ2v) is 4.74. The van der Waals surface area contributed by atoms with Crippen LogP contribution in [0.1, 0.15) is 5.56 Å². The highest BCUT2D eigenvalue weighted by Gasteiger charge is 2.33. The van der Waals surface area contributed by atoms with Crippen LogP contribution in [0.25, 0.3) is 0 Å². The fourth-order valence-electron chi connectivity index (χ4n) is 1.22. The van der Waals surface area contributed by atoms with Crippen LogP contribution >= 0.6 is 0 Å². The minimum Gasteiger partial charge on any atom is -0.481 e. The van der Waals surface area contributed by atoms with Crippen molar-refractivity contribution in [1.29, 1.82) is 0 Å². The first-order valence-corrected chi connectivity index (χ1v) is 5.90. The minimum absolute atomic E-state index is 0.231. The molecule has 1 unspecified atom stereocenters. The maximum atomic E-state index is 12.4. The van der Waals surface area contributed by atoms with Crippen LogP contribution in [0.15, 0.2) is 23.1 Å². The first-order valence-electron chi connectivity index (χ1n) is 4.58. The van der Waals surface area contributed by atoms with Gasteiger partial charge in [-0.05, 0) is 12.1 Å². The smallest absolute Gasteiger partial charge is 0.416 e. The SMILES string of the molecule is O=C(O)CS(=O)c1ccc(C(F)(F)F)cc1[N+](=O)[O-]. The molecule has 0 aliphatic rings. The number of alkyl halides is 3. The Kier molecular flexibility index (Phi) is 4.24. The van der Waals surface area contributed by atoms with Crippen molar-refractivity contribution in [2.45, 2.75) is 11.1 Å². The number of rotatable bonds is 4. The molecule has 0 saturated heterocycles. The lowest BCUT2D eigenvalue weighted by Gasteiger charge is -2.08. The Labute approximate surface area is 106 Å². The summed E-state index contributed by atoms with van der Waals surface area (Å²) in [5, 5.41) is 19.1. The quantitative estimate of drug-likeness (QED) is 0.675. The summed E-state index contributed by atoms with van der Waals surface area (Å²) in [5.74, 6) is -2.40. The number of nitro benzene ring substituents is 1. The molecule has 0 spiro atoms. The van der Waals surface area contributed by atoms with Crippen molar-refractivity contribution in [2.24, 2.45) is 0 Å². The van der Waals surface area contributed by atoms with Crippen LogP contribution in [0.3, 0.4) is 0 Å². The summed E-state index contributed by atoms with van der Waals surface area (Å²) in [6.45, 7) is 0. The first-order chi connectivity index (χ1) is 8.62. The van der Waals surface area contributed by atoms with E-state index in [1.54, 1.807) is 0 Å². The number of carbonyl (C=O) groups is 1. The van der Waals surface area contributed by atoms with E-state index in [2.05, 4.69) is 0 Å². The van der Waals surface area contributed by atoms with Crippen molar-refractivity contribution in [1.82, 2.24) is 0 Å². The van der Waals surface area contributed by atoms with Crippen LogP contribution in [0, 0.1) is 10.1 Å². The van der Waals surface area contributed by atoms with Crippen LogP contribution in [-0.2, 0) is 21.8 Å². The zero-order valence-corrected chi connectivity index (χ0v) is 9.83. The minimum atomic E-state index is -4.78. The number of benzene rings is 1. The standard InChI is InChI=1S/C9H6F3NO5S/c10-9(11,12)5-1-2-7(6(3-5)13(16)17)19(18)4-8(14)15/h1-3H,4H2,(H,14,15). The Morgan fingerprint density at radius 1 is 1.42 bits per heavy atom. The summed E-state index contributed by atoms with van der Waals surface area (Å²) in [4.78, 5) is 19.3. The van der Waals surface area contributed by atoms with Gasteiger partial charge in [-0.2, -0.15) is 13.2 Å². The zero-order valence-electron chi connectivity index (χ0n) is 9.01. The molecule has 0 aliphatic carbocycles. The molecule has 1 rings (SSSR count). The topological polar surface area (TPSA) is 97.5 Å². The Balaban J connectivity index is 3.31. The summed E-state index contributed by atoms with van der Waals surface area (Å²) in [6, 6.07) is 1.40. The summed E-state index contributed by atoms with van der Waals surface area (Å²) < 4.78 is 48.6. The monoisotopic (exact) mass is 297 g/mol. The van der Waals surface area contributed by atoms with E-state index in [0.717, 1.165) is 0 Å². The van der Waals surface area contributed by atoms with Gasteiger partial charge in [0.05, 0.1) is 21.3 Å². The highest BCUT2D eigenvalue weighted by molar-refractivity contribution is 7.85. The Bertz CT molecular complexity index is 557. The Hall–Kier alpha value is -1.97. The molecule has 0 fully saturated rings. The van der Waals surface area contributed by atoms with E-state index in [4.69, 9.17) is 5.11 Å². The first kappa shape index (κ1) is 15.1. The zero-order chi connectivity index (χ0) is 14.8. The van der Waals surface area contributed by atoms with Gasteiger partial charge in [0.2, 0.25) is 0 Å².